The third-order valence-corrected chi connectivity index (χ3v) is 4.11. The van der Waals surface area contributed by atoms with Gasteiger partial charge in [0, 0.05) is 6.54 Å². The molecule has 0 saturated heterocycles. The molecule has 2 rings (SSSR count). The van der Waals surface area contributed by atoms with Crippen molar-refractivity contribution in [2.45, 2.75) is 39.2 Å². The number of aryl methyl sites for hydroxylation is 2. The molecule has 0 aliphatic carbocycles. The average Bonchev–Trinajstić information content (AvgIpc) is 2.69. The Balaban J connectivity index is 1.96. The molecule has 0 saturated carbocycles. The van der Waals surface area contributed by atoms with E-state index < -0.39 is 0 Å². The fourth-order valence-corrected chi connectivity index (χ4v) is 2.85. The van der Waals surface area contributed by atoms with Crippen molar-refractivity contribution in [1.29, 1.82) is 0 Å². The fraction of sp³-hybridized carbons (Fsp3) is 0.533. The van der Waals surface area contributed by atoms with Gasteiger partial charge >= 0.3 is 0 Å². The van der Waals surface area contributed by atoms with Crippen molar-refractivity contribution in [1.82, 2.24) is 9.55 Å². The molecule has 1 aromatic carbocycles. The SMILES string of the molecule is CSCCCCCCn1c(N)nc2ccc(C)cc21. The first-order valence-corrected chi connectivity index (χ1v) is 8.33. The number of nitrogen functional groups attached to an aromatic ring is 1. The molecule has 2 aromatic rings. The van der Waals surface area contributed by atoms with Gasteiger partial charge in [0.15, 0.2) is 0 Å². The van der Waals surface area contributed by atoms with Gasteiger partial charge in [0.1, 0.15) is 0 Å². The van der Waals surface area contributed by atoms with Gasteiger partial charge in [-0.15, -0.1) is 0 Å². The highest BCUT2D eigenvalue weighted by atomic mass is 32.2. The Labute approximate surface area is 119 Å². The van der Waals surface area contributed by atoms with E-state index in [-0.39, 0.29) is 0 Å². The molecular formula is C15H23N3S. The summed E-state index contributed by atoms with van der Waals surface area (Å²) in [5, 5.41) is 0. The molecule has 0 radical (unpaired) electrons. The van der Waals surface area contributed by atoms with Crippen molar-refractivity contribution in [3.63, 3.8) is 0 Å². The molecule has 0 bridgehead atoms. The number of nitrogens with two attached hydrogens (primary N) is 1. The summed E-state index contributed by atoms with van der Waals surface area (Å²) in [6.07, 6.45) is 7.25. The Kier molecular flexibility index (Phi) is 5.14. The number of aromatic nitrogens is 2. The number of rotatable bonds is 7. The van der Waals surface area contributed by atoms with Gasteiger partial charge in [-0.3, -0.25) is 0 Å². The molecule has 0 amide bonds. The smallest absolute Gasteiger partial charge is 0.201 e. The lowest BCUT2D eigenvalue weighted by Gasteiger charge is -2.06. The molecule has 0 spiro atoms. The summed E-state index contributed by atoms with van der Waals surface area (Å²) in [5.41, 5.74) is 9.45. The van der Waals surface area contributed by atoms with Crippen LogP contribution in [0, 0.1) is 6.92 Å². The summed E-state index contributed by atoms with van der Waals surface area (Å²) in [4.78, 5) is 4.42. The van der Waals surface area contributed by atoms with Crippen molar-refractivity contribution in [2.24, 2.45) is 0 Å². The van der Waals surface area contributed by atoms with Crippen LogP contribution in [0.1, 0.15) is 31.2 Å². The monoisotopic (exact) mass is 277 g/mol. The van der Waals surface area contributed by atoms with Crippen molar-refractivity contribution < 1.29 is 0 Å². The second kappa shape index (κ2) is 6.85. The van der Waals surface area contributed by atoms with Crippen LogP contribution in [0.5, 0.6) is 0 Å². The number of benzene rings is 1. The number of thioether (sulfide) groups is 1. The molecule has 0 unspecified atom stereocenters. The molecule has 1 heterocycles. The molecule has 104 valence electrons. The first-order valence-electron chi connectivity index (χ1n) is 6.93. The molecule has 0 fully saturated rings. The lowest BCUT2D eigenvalue weighted by atomic mass is 10.2. The topological polar surface area (TPSA) is 43.8 Å². The molecule has 2 N–H and O–H groups in total. The Morgan fingerprint density at radius 1 is 1.21 bits per heavy atom. The minimum Gasteiger partial charge on any atom is -0.369 e. The van der Waals surface area contributed by atoms with Crippen LogP contribution >= 0.6 is 11.8 Å². The van der Waals surface area contributed by atoms with E-state index in [1.54, 1.807) is 0 Å². The highest BCUT2D eigenvalue weighted by molar-refractivity contribution is 7.98. The first-order chi connectivity index (χ1) is 9.22. The Morgan fingerprint density at radius 3 is 2.79 bits per heavy atom. The summed E-state index contributed by atoms with van der Waals surface area (Å²) < 4.78 is 2.15. The lowest BCUT2D eigenvalue weighted by Crippen LogP contribution is -2.03. The molecule has 0 aliphatic rings. The zero-order valence-corrected chi connectivity index (χ0v) is 12.7. The molecule has 0 atom stereocenters. The third kappa shape index (κ3) is 3.66. The van der Waals surface area contributed by atoms with Gasteiger partial charge in [0.25, 0.3) is 0 Å². The van der Waals surface area contributed by atoms with E-state index in [9.17, 15) is 0 Å². The molecule has 3 nitrogen and oxygen atoms in total. The van der Waals surface area contributed by atoms with Crippen LogP contribution in [-0.4, -0.2) is 21.6 Å². The number of fused-ring (bicyclic) bond motifs is 1. The number of nitrogens with zero attached hydrogens (tertiary/aromatic N) is 2. The Hall–Kier alpha value is -1.16. The predicted octanol–water partition coefficient (Wildman–Crippen LogP) is 3.85. The van der Waals surface area contributed by atoms with E-state index in [2.05, 4.69) is 40.9 Å². The van der Waals surface area contributed by atoms with Crippen LogP contribution in [0.3, 0.4) is 0 Å². The van der Waals surface area contributed by atoms with Gasteiger partial charge in [-0.25, -0.2) is 4.98 Å². The van der Waals surface area contributed by atoms with Gasteiger partial charge in [-0.2, -0.15) is 11.8 Å². The van der Waals surface area contributed by atoms with Crippen molar-refractivity contribution in [3.8, 4) is 0 Å². The molecule has 0 aliphatic heterocycles. The van der Waals surface area contributed by atoms with Crippen LogP contribution < -0.4 is 5.73 Å². The van der Waals surface area contributed by atoms with Gasteiger partial charge in [0.05, 0.1) is 11.0 Å². The van der Waals surface area contributed by atoms with Gasteiger partial charge in [0.2, 0.25) is 5.95 Å². The molecular weight excluding hydrogens is 254 g/mol. The van der Waals surface area contributed by atoms with E-state index in [0.29, 0.717) is 5.95 Å². The highest BCUT2D eigenvalue weighted by Gasteiger charge is 2.07. The quantitative estimate of drug-likeness (QED) is 0.782. The fourth-order valence-electron chi connectivity index (χ4n) is 2.36. The minimum atomic E-state index is 0.643. The van der Waals surface area contributed by atoms with Crippen LogP contribution in [0.25, 0.3) is 11.0 Å². The molecule has 1 aromatic heterocycles. The number of hydrogen-bond donors (Lipinski definition) is 1. The number of unbranched alkanes of at least 4 members (excludes halogenated alkanes) is 3. The predicted molar refractivity (Wildman–Crippen MR) is 85.7 cm³/mol. The van der Waals surface area contributed by atoms with E-state index in [4.69, 9.17) is 5.73 Å². The maximum absolute atomic E-state index is 6.01. The third-order valence-electron chi connectivity index (χ3n) is 3.41. The maximum Gasteiger partial charge on any atom is 0.201 e. The summed E-state index contributed by atoms with van der Waals surface area (Å²) in [5.74, 6) is 1.92. The van der Waals surface area contributed by atoms with Crippen molar-refractivity contribution in [3.05, 3.63) is 23.8 Å². The van der Waals surface area contributed by atoms with E-state index in [1.165, 1.54) is 42.5 Å². The van der Waals surface area contributed by atoms with Gasteiger partial charge in [-0.05, 0) is 49.5 Å². The maximum atomic E-state index is 6.01. The van der Waals surface area contributed by atoms with Crippen molar-refractivity contribution >= 4 is 28.7 Å². The van der Waals surface area contributed by atoms with E-state index >= 15 is 0 Å². The zero-order valence-electron chi connectivity index (χ0n) is 11.9. The second-order valence-electron chi connectivity index (χ2n) is 5.02. The standard InChI is InChI=1S/C15H23N3S/c1-12-7-8-13-14(11-12)18(15(16)17-13)9-5-3-4-6-10-19-2/h7-8,11H,3-6,9-10H2,1-2H3,(H2,16,17). The van der Waals surface area contributed by atoms with E-state index in [0.717, 1.165) is 12.1 Å². The van der Waals surface area contributed by atoms with Crippen LogP contribution in [-0.2, 0) is 6.54 Å². The number of hydrogen-bond acceptors (Lipinski definition) is 3. The van der Waals surface area contributed by atoms with Crippen molar-refractivity contribution in [2.75, 3.05) is 17.7 Å². The normalized spacial score (nSPS) is 11.3. The summed E-state index contributed by atoms with van der Waals surface area (Å²) in [6, 6.07) is 6.31. The zero-order chi connectivity index (χ0) is 13.7. The van der Waals surface area contributed by atoms with E-state index in [1.807, 2.05) is 11.8 Å². The lowest BCUT2D eigenvalue weighted by molar-refractivity contribution is 0.597. The summed E-state index contributed by atoms with van der Waals surface area (Å²) in [7, 11) is 0. The number of anilines is 1. The minimum absolute atomic E-state index is 0.643. The van der Waals surface area contributed by atoms with Gasteiger partial charge in [-0.1, -0.05) is 18.9 Å². The number of imidazole rings is 1. The summed E-state index contributed by atoms with van der Waals surface area (Å²) >= 11 is 1.93. The second-order valence-corrected chi connectivity index (χ2v) is 6.01. The van der Waals surface area contributed by atoms with Crippen LogP contribution in [0.4, 0.5) is 5.95 Å². The Morgan fingerprint density at radius 2 is 2.00 bits per heavy atom. The Bertz CT molecular complexity index is 533. The highest BCUT2D eigenvalue weighted by Crippen LogP contribution is 2.20. The molecule has 4 heteroatoms. The molecule has 19 heavy (non-hydrogen) atoms. The first kappa shape index (κ1) is 14.3. The van der Waals surface area contributed by atoms with Gasteiger partial charge < -0.3 is 10.3 Å². The average molecular weight is 277 g/mol. The summed E-state index contributed by atoms with van der Waals surface area (Å²) in [6.45, 7) is 3.08. The largest absolute Gasteiger partial charge is 0.369 e. The van der Waals surface area contributed by atoms with Crippen LogP contribution in [0.15, 0.2) is 18.2 Å². The van der Waals surface area contributed by atoms with Crippen LogP contribution in [0.2, 0.25) is 0 Å².